The number of hydrogen-bond donors (Lipinski definition) is 3. The van der Waals surface area contributed by atoms with Crippen LogP contribution in [0.4, 0.5) is 4.79 Å². The zero-order valence-corrected chi connectivity index (χ0v) is 11.9. The Morgan fingerprint density at radius 2 is 2.36 bits per heavy atom. The van der Waals surface area contributed by atoms with Crippen molar-refractivity contribution in [1.29, 1.82) is 0 Å². The summed E-state index contributed by atoms with van der Waals surface area (Å²) < 4.78 is 0. The molecule has 1 rings (SSSR count). The zero-order chi connectivity index (χ0) is 10.1. The first-order chi connectivity index (χ1) is 6.20. The number of amides is 2. The van der Waals surface area contributed by atoms with Crippen LogP contribution < -0.4 is 62.6 Å². The second kappa shape index (κ2) is 11.4. The topological polar surface area (TPSA) is 75.4 Å². The summed E-state index contributed by atoms with van der Waals surface area (Å²) in [6.45, 7) is 5.20. The number of nitrogens with two attached hydrogens (primary N) is 1. The van der Waals surface area contributed by atoms with E-state index in [0.29, 0.717) is 0 Å². The number of urea groups is 1. The molecule has 1 heterocycles. The van der Waals surface area contributed by atoms with Crippen molar-refractivity contribution in [2.45, 2.75) is 6.42 Å². The Labute approximate surface area is 130 Å². The normalized spacial score (nSPS) is 7.50. The van der Waals surface area contributed by atoms with Gasteiger partial charge in [-0.05, 0) is 28.8 Å². The summed E-state index contributed by atoms with van der Waals surface area (Å²) in [5, 5.41) is 11.6. The molecule has 0 aliphatic heterocycles. The number of carbonyl (C=O) groups excluding carboxylic acids is 1. The van der Waals surface area contributed by atoms with Crippen molar-refractivity contribution in [3.63, 3.8) is 0 Å². The molecule has 0 atom stereocenters. The van der Waals surface area contributed by atoms with Gasteiger partial charge in [-0.1, -0.05) is 0 Å². The summed E-state index contributed by atoms with van der Waals surface area (Å²) in [5.41, 5.74) is 6.76. The van der Waals surface area contributed by atoms with Gasteiger partial charge in [0.1, 0.15) is 0 Å². The maximum atomic E-state index is 9.23. The number of nitrogens with one attached hydrogen (secondary N) is 1. The molecule has 0 aliphatic rings. The van der Waals surface area contributed by atoms with Gasteiger partial charge in [0.05, 0.1) is 0 Å². The van der Waals surface area contributed by atoms with Crippen LogP contribution in [0.15, 0.2) is 22.9 Å². The average molecular weight is 238 g/mol. The molecule has 0 saturated carbocycles. The van der Waals surface area contributed by atoms with Crippen LogP contribution in [0.3, 0.4) is 0 Å². The second-order valence-corrected chi connectivity index (χ2v) is 2.83. The minimum absolute atomic E-state index is 0. The Hall–Kier alpha value is 0.306. The van der Waals surface area contributed by atoms with Crippen LogP contribution in [0.25, 0.3) is 0 Å². The van der Waals surface area contributed by atoms with Gasteiger partial charge in [0, 0.05) is 0 Å². The van der Waals surface area contributed by atoms with Gasteiger partial charge < -0.3 is 12.3 Å². The third-order valence-electron chi connectivity index (χ3n) is 1.04. The largest absolute Gasteiger partial charge is 1.00 e. The van der Waals surface area contributed by atoms with E-state index in [1.807, 2.05) is 0 Å². The van der Waals surface area contributed by atoms with E-state index in [4.69, 9.17) is 11.8 Å². The fraction of sp³-hybridized carbons (Fsp3) is 0.125. The van der Waals surface area contributed by atoms with E-state index >= 15 is 0 Å². The van der Waals surface area contributed by atoms with Crippen molar-refractivity contribution in [2.24, 2.45) is 5.73 Å². The van der Waals surface area contributed by atoms with E-state index in [2.05, 4.69) is 22.6 Å². The van der Waals surface area contributed by atoms with E-state index in [0.717, 1.165) is 6.42 Å². The van der Waals surface area contributed by atoms with Crippen LogP contribution in [0, 0.1) is 6.58 Å². The minimum atomic E-state index is -0.940. The van der Waals surface area contributed by atoms with Gasteiger partial charge in [0.15, 0.2) is 0 Å². The molecule has 4 N–H and O–H groups in total. The van der Waals surface area contributed by atoms with Crippen molar-refractivity contribution in [2.75, 3.05) is 0 Å². The number of allylic oxidation sites excluding steroid dienone is 1. The van der Waals surface area contributed by atoms with Gasteiger partial charge in [-0.25, -0.2) is 10.3 Å². The van der Waals surface area contributed by atoms with Gasteiger partial charge in [-0.2, -0.15) is 11.3 Å². The first-order valence-corrected chi connectivity index (χ1v) is 4.39. The first-order valence-electron chi connectivity index (χ1n) is 3.44. The standard InChI is InChI=1S/C7H7S.CH4N2O2.K/c1-2-3-7-4-5-8-6-7;2-1(4)3-5;/h1-2,4-6H,3H2;5H,(H3,2,3,4);/q-1;;+1. The van der Waals surface area contributed by atoms with Gasteiger partial charge >= 0.3 is 57.4 Å². The molecule has 72 valence electrons. The van der Waals surface area contributed by atoms with Crippen molar-refractivity contribution >= 4 is 17.4 Å². The van der Waals surface area contributed by atoms with Crippen molar-refractivity contribution in [3.05, 3.63) is 35.0 Å². The van der Waals surface area contributed by atoms with E-state index in [1.165, 1.54) is 11.0 Å². The SMILES string of the molecule is NC(=O)NO.[CH-]=CCc1ccsc1.[K+]. The molecule has 14 heavy (non-hydrogen) atoms. The number of hydrogen-bond acceptors (Lipinski definition) is 3. The molecule has 0 aliphatic carbocycles. The molecule has 0 bridgehead atoms. The van der Waals surface area contributed by atoms with Crippen LogP contribution in [0.5, 0.6) is 0 Å². The smallest absolute Gasteiger partial charge is 0.518 e. The quantitative estimate of drug-likeness (QED) is 0.249. The molecule has 0 saturated heterocycles. The fourth-order valence-electron chi connectivity index (χ4n) is 0.545. The summed E-state index contributed by atoms with van der Waals surface area (Å²) in [7, 11) is 0. The molecule has 6 heteroatoms. The number of primary amides is 1. The number of thiophene rings is 1. The molecule has 0 aromatic carbocycles. The molecule has 1 aromatic rings. The third-order valence-corrected chi connectivity index (χ3v) is 1.78. The van der Waals surface area contributed by atoms with Crippen LogP contribution in [-0.2, 0) is 6.42 Å². The maximum absolute atomic E-state index is 9.23. The van der Waals surface area contributed by atoms with Gasteiger partial charge in [0.2, 0.25) is 0 Å². The summed E-state index contributed by atoms with van der Waals surface area (Å²) in [6, 6.07) is 1.14. The minimum Gasteiger partial charge on any atom is -0.518 e. The molecule has 0 fully saturated rings. The summed E-state index contributed by atoms with van der Waals surface area (Å²) >= 11 is 1.70. The Bertz CT molecular complexity index is 252. The second-order valence-electron chi connectivity index (χ2n) is 2.05. The molecular weight excluding hydrogens is 227 g/mol. The Balaban J connectivity index is 0. The molecule has 0 radical (unpaired) electrons. The van der Waals surface area contributed by atoms with Crippen molar-refractivity contribution in [3.8, 4) is 0 Å². The van der Waals surface area contributed by atoms with Crippen molar-refractivity contribution in [1.82, 2.24) is 5.48 Å². The monoisotopic (exact) mass is 238 g/mol. The van der Waals surface area contributed by atoms with Crippen LogP contribution in [0.2, 0.25) is 0 Å². The molecule has 0 unspecified atom stereocenters. The number of hydroxylamine groups is 1. The summed E-state index contributed by atoms with van der Waals surface area (Å²) in [6.07, 6.45) is 2.56. The Morgan fingerprint density at radius 3 is 2.64 bits per heavy atom. The van der Waals surface area contributed by atoms with E-state index in [9.17, 15) is 4.79 Å². The molecular formula is C8H11KN2O2S. The zero-order valence-electron chi connectivity index (χ0n) is 7.93. The number of rotatable bonds is 2. The van der Waals surface area contributed by atoms with E-state index in [1.54, 1.807) is 17.4 Å². The van der Waals surface area contributed by atoms with Gasteiger partial charge in [0.25, 0.3) is 0 Å². The predicted molar refractivity (Wildman–Crippen MR) is 51.4 cm³/mol. The summed E-state index contributed by atoms with van der Waals surface area (Å²) in [5.74, 6) is 0. The molecule has 1 aromatic heterocycles. The third kappa shape index (κ3) is 10.4. The Kier molecular flexibility index (Phi) is 13.6. The molecule has 0 spiro atoms. The fourth-order valence-corrected chi connectivity index (χ4v) is 1.23. The number of carbonyl (C=O) groups is 1. The van der Waals surface area contributed by atoms with E-state index in [-0.39, 0.29) is 51.4 Å². The first kappa shape index (κ1) is 16.7. The van der Waals surface area contributed by atoms with Gasteiger partial charge in [-0.15, -0.1) is 0 Å². The van der Waals surface area contributed by atoms with Crippen LogP contribution in [0.1, 0.15) is 5.56 Å². The maximum Gasteiger partial charge on any atom is 1.00 e. The van der Waals surface area contributed by atoms with Crippen LogP contribution in [-0.4, -0.2) is 11.2 Å². The Morgan fingerprint density at radius 1 is 1.79 bits per heavy atom. The van der Waals surface area contributed by atoms with Crippen LogP contribution >= 0.6 is 11.3 Å². The van der Waals surface area contributed by atoms with E-state index < -0.39 is 6.03 Å². The summed E-state index contributed by atoms with van der Waals surface area (Å²) in [4.78, 5) is 9.23. The van der Waals surface area contributed by atoms with Crippen molar-refractivity contribution < 1.29 is 61.4 Å². The predicted octanol–water partition coefficient (Wildman–Crippen LogP) is -1.67. The average Bonchev–Trinajstić information content (AvgIpc) is 2.59. The molecule has 4 nitrogen and oxygen atoms in total. The van der Waals surface area contributed by atoms with Gasteiger partial charge in [-0.3, -0.25) is 11.3 Å². The molecule has 2 amide bonds.